The molecule has 0 aromatic heterocycles. The molecule has 6 heteroatoms. The number of hydrogen-bond acceptors (Lipinski definition) is 5. The molecular weight excluding hydrogens is 382 g/mol. The normalized spacial score (nSPS) is 23.0. The molecule has 2 aliphatic rings. The molecule has 2 aliphatic heterocycles. The van der Waals surface area contributed by atoms with Crippen LogP contribution in [-0.4, -0.2) is 48.7 Å². The number of piperidine rings is 1. The van der Waals surface area contributed by atoms with E-state index in [0.717, 1.165) is 5.56 Å². The first-order chi connectivity index (χ1) is 14.7. The molecule has 0 aliphatic carbocycles. The summed E-state index contributed by atoms with van der Waals surface area (Å²) in [5.74, 6) is 0.665. The Morgan fingerprint density at radius 2 is 1.77 bits per heavy atom. The van der Waals surface area contributed by atoms with E-state index in [2.05, 4.69) is 0 Å². The quantitative estimate of drug-likeness (QED) is 0.673. The van der Waals surface area contributed by atoms with Gasteiger partial charge in [0.2, 0.25) is 0 Å². The molecule has 0 saturated carbocycles. The second-order valence-corrected chi connectivity index (χ2v) is 7.79. The molecule has 2 saturated heterocycles. The Bertz CT molecular complexity index is 870. The number of fused-ring (bicyclic) bond motifs is 2. The van der Waals surface area contributed by atoms with E-state index in [4.69, 9.17) is 14.2 Å². The topological polar surface area (TPSA) is 65.1 Å². The van der Waals surface area contributed by atoms with E-state index < -0.39 is 0 Å². The largest absolute Gasteiger partial charge is 0.494 e. The van der Waals surface area contributed by atoms with E-state index >= 15 is 0 Å². The smallest absolute Gasteiger partial charge is 0.410 e. The number of hydrogen-bond donors (Lipinski definition) is 0. The predicted octanol–water partition coefficient (Wildman–Crippen LogP) is 4.08. The van der Waals surface area contributed by atoms with Crippen molar-refractivity contribution < 1.29 is 23.8 Å². The van der Waals surface area contributed by atoms with Gasteiger partial charge in [0.1, 0.15) is 12.4 Å². The number of ether oxygens (including phenoxy) is 3. The summed E-state index contributed by atoms with van der Waals surface area (Å²) in [5.41, 5.74) is 1.61. The Balaban J connectivity index is 1.42. The van der Waals surface area contributed by atoms with E-state index in [1.807, 2.05) is 55.5 Å². The van der Waals surface area contributed by atoms with Crippen LogP contribution in [0.1, 0.15) is 35.7 Å². The summed E-state index contributed by atoms with van der Waals surface area (Å²) in [6, 6.07) is 16.7. The average molecular weight is 409 g/mol. The Kier molecular flexibility index (Phi) is 6.33. The second-order valence-electron chi connectivity index (χ2n) is 7.79. The predicted molar refractivity (Wildman–Crippen MR) is 112 cm³/mol. The molecule has 0 N–H and O–H groups in total. The van der Waals surface area contributed by atoms with Crippen molar-refractivity contribution in [3.8, 4) is 5.75 Å². The lowest BCUT2D eigenvalue weighted by Gasteiger charge is -2.47. The van der Waals surface area contributed by atoms with Crippen molar-refractivity contribution in [2.75, 3.05) is 19.8 Å². The van der Waals surface area contributed by atoms with E-state index in [0.29, 0.717) is 44.0 Å². The fourth-order valence-electron chi connectivity index (χ4n) is 4.36. The molecule has 1 amide bonds. The Morgan fingerprint density at radius 3 is 2.47 bits per heavy atom. The first kappa shape index (κ1) is 20.4. The summed E-state index contributed by atoms with van der Waals surface area (Å²) >= 11 is 0. The lowest BCUT2D eigenvalue weighted by Crippen LogP contribution is -2.59. The summed E-state index contributed by atoms with van der Waals surface area (Å²) < 4.78 is 16.8. The summed E-state index contributed by atoms with van der Waals surface area (Å²) in [4.78, 5) is 27.7. The monoisotopic (exact) mass is 409 g/mol. The second kappa shape index (κ2) is 9.30. The fraction of sp³-hybridized carbons (Fsp3) is 0.417. The average Bonchev–Trinajstić information content (AvgIpc) is 2.77. The number of carbonyl (C=O) groups excluding carboxylic acids is 2. The van der Waals surface area contributed by atoms with E-state index in [-0.39, 0.29) is 36.5 Å². The third-order valence-corrected chi connectivity index (χ3v) is 5.74. The van der Waals surface area contributed by atoms with Crippen molar-refractivity contribution in [2.45, 2.75) is 38.5 Å². The molecule has 2 aromatic rings. The van der Waals surface area contributed by atoms with E-state index in [1.165, 1.54) is 0 Å². The fourth-order valence-corrected chi connectivity index (χ4v) is 4.36. The SMILES string of the molecule is CCOc1cccc(C(=O)C2CC3COCC(C2)N3C(=O)OCc2ccccc2)c1. The van der Waals surface area contributed by atoms with Crippen LogP contribution in [0.5, 0.6) is 5.75 Å². The molecule has 2 heterocycles. The van der Waals surface area contributed by atoms with Crippen molar-refractivity contribution >= 4 is 11.9 Å². The van der Waals surface area contributed by atoms with Gasteiger partial charge in [-0.05, 0) is 37.5 Å². The highest BCUT2D eigenvalue weighted by Crippen LogP contribution is 2.34. The maximum Gasteiger partial charge on any atom is 0.410 e. The standard InChI is InChI=1S/C24H27NO5/c1-2-29-22-10-6-9-18(13-22)23(26)19-11-20-15-28-16-21(12-19)25(20)24(27)30-14-17-7-4-3-5-8-17/h3-10,13,19-21H,2,11-12,14-16H2,1H3. The van der Waals surface area contributed by atoms with Gasteiger partial charge < -0.3 is 14.2 Å². The van der Waals surface area contributed by atoms with Crippen molar-refractivity contribution in [1.82, 2.24) is 4.90 Å². The molecule has 0 radical (unpaired) electrons. The van der Waals surface area contributed by atoms with Gasteiger partial charge >= 0.3 is 6.09 Å². The number of Topliss-reactive ketones (excluding diaryl/α,β-unsaturated/α-hetero) is 1. The van der Waals surface area contributed by atoms with Gasteiger partial charge in [-0.3, -0.25) is 9.69 Å². The first-order valence-electron chi connectivity index (χ1n) is 10.5. The maximum atomic E-state index is 13.1. The van der Waals surface area contributed by atoms with Crippen LogP contribution in [0.15, 0.2) is 54.6 Å². The summed E-state index contributed by atoms with van der Waals surface area (Å²) in [5, 5.41) is 0. The summed E-state index contributed by atoms with van der Waals surface area (Å²) in [6.45, 7) is 3.58. The van der Waals surface area contributed by atoms with Crippen LogP contribution < -0.4 is 4.74 Å². The molecule has 4 rings (SSSR count). The molecule has 2 unspecified atom stereocenters. The third-order valence-electron chi connectivity index (χ3n) is 5.74. The van der Waals surface area contributed by atoms with Crippen LogP contribution in [-0.2, 0) is 16.1 Å². The van der Waals surface area contributed by atoms with Gasteiger partial charge in [-0.2, -0.15) is 0 Å². The molecule has 6 nitrogen and oxygen atoms in total. The molecule has 2 fully saturated rings. The van der Waals surface area contributed by atoms with Crippen LogP contribution in [0.4, 0.5) is 4.79 Å². The zero-order valence-corrected chi connectivity index (χ0v) is 17.2. The Labute approximate surface area is 176 Å². The molecule has 158 valence electrons. The number of rotatable bonds is 6. The van der Waals surface area contributed by atoms with Crippen LogP contribution >= 0.6 is 0 Å². The van der Waals surface area contributed by atoms with Gasteiger partial charge in [-0.25, -0.2) is 4.79 Å². The highest BCUT2D eigenvalue weighted by molar-refractivity contribution is 5.98. The zero-order chi connectivity index (χ0) is 20.9. The first-order valence-corrected chi connectivity index (χ1v) is 10.5. The van der Waals surface area contributed by atoms with Gasteiger partial charge in [-0.1, -0.05) is 42.5 Å². The lowest BCUT2D eigenvalue weighted by atomic mass is 9.81. The van der Waals surface area contributed by atoms with Crippen molar-refractivity contribution in [3.63, 3.8) is 0 Å². The van der Waals surface area contributed by atoms with Gasteiger partial charge in [-0.15, -0.1) is 0 Å². The number of ketones is 1. The van der Waals surface area contributed by atoms with Crippen molar-refractivity contribution in [3.05, 3.63) is 65.7 Å². The number of morpholine rings is 1. The number of nitrogens with zero attached hydrogens (tertiary/aromatic N) is 1. The van der Waals surface area contributed by atoms with Crippen LogP contribution in [0, 0.1) is 5.92 Å². The highest BCUT2D eigenvalue weighted by Gasteiger charge is 2.44. The lowest BCUT2D eigenvalue weighted by molar-refractivity contribution is -0.0755. The molecular formula is C24H27NO5. The van der Waals surface area contributed by atoms with Crippen LogP contribution in [0.2, 0.25) is 0 Å². The summed E-state index contributed by atoms with van der Waals surface area (Å²) in [7, 11) is 0. The zero-order valence-electron chi connectivity index (χ0n) is 17.2. The van der Waals surface area contributed by atoms with Gasteiger partial charge in [0.15, 0.2) is 5.78 Å². The van der Waals surface area contributed by atoms with E-state index in [1.54, 1.807) is 11.0 Å². The minimum Gasteiger partial charge on any atom is -0.494 e. The number of carbonyl (C=O) groups is 2. The van der Waals surface area contributed by atoms with Crippen molar-refractivity contribution in [1.29, 1.82) is 0 Å². The molecule has 2 atom stereocenters. The summed E-state index contributed by atoms with van der Waals surface area (Å²) in [6.07, 6.45) is 0.824. The molecule has 0 spiro atoms. The Morgan fingerprint density at radius 1 is 1.03 bits per heavy atom. The highest BCUT2D eigenvalue weighted by atomic mass is 16.6. The molecule has 30 heavy (non-hydrogen) atoms. The van der Waals surface area contributed by atoms with E-state index in [9.17, 15) is 9.59 Å². The van der Waals surface area contributed by atoms with Crippen LogP contribution in [0.25, 0.3) is 0 Å². The van der Waals surface area contributed by atoms with Gasteiger partial charge in [0, 0.05) is 11.5 Å². The maximum absolute atomic E-state index is 13.1. The van der Waals surface area contributed by atoms with Crippen molar-refractivity contribution in [2.24, 2.45) is 5.92 Å². The van der Waals surface area contributed by atoms with Gasteiger partial charge in [0.05, 0.1) is 31.9 Å². The third kappa shape index (κ3) is 4.49. The van der Waals surface area contributed by atoms with Crippen LogP contribution in [0.3, 0.4) is 0 Å². The minimum atomic E-state index is -0.332. The number of amides is 1. The molecule has 2 bridgehead atoms. The number of benzene rings is 2. The Hall–Kier alpha value is -2.86. The van der Waals surface area contributed by atoms with Gasteiger partial charge in [0.25, 0.3) is 0 Å². The minimum absolute atomic E-state index is 0.103. The molecule has 2 aromatic carbocycles.